The van der Waals surface area contributed by atoms with Crippen molar-refractivity contribution in [1.29, 1.82) is 0 Å². The molecule has 1 aliphatic heterocycles. The number of amides is 1. The third-order valence-corrected chi connectivity index (χ3v) is 5.75. The molecule has 2 aromatic rings. The molecule has 1 N–H and O–H groups in total. The van der Waals surface area contributed by atoms with Gasteiger partial charge in [-0.3, -0.25) is 9.69 Å². The molecule has 1 saturated heterocycles. The first-order valence-electron chi connectivity index (χ1n) is 10.8. The molecule has 3 rings (SSSR count). The first kappa shape index (κ1) is 25.5. The van der Waals surface area contributed by atoms with Crippen LogP contribution >= 0.6 is 11.6 Å². The quantitative estimate of drug-likeness (QED) is 0.427. The van der Waals surface area contributed by atoms with Crippen LogP contribution in [-0.4, -0.2) is 71.4 Å². The Balaban J connectivity index is 1.58. The van der Waals surface area contributed by atoms with E-state index in [0.717, 1.165) is 5.56 Å². The predicted molar refractivity (Wildman–Crippen MR) is 126 cm³/mol. The van der Waals surface area contributed by atoms with Crippen LogP contribution < -0.4 is 4.74 Å². The smallest absolute Gasteiger partial charge is 0.344 e. The van der Waals surface area contributed by atoms with Crippen LogP contribution in [0, 0.1) is 5.82 Å². The first-order chi connectivity index (χ1) is 16.2. The minimum absolute atomic E-state index is 0.0246. The highest BCUT2D eigenvalue weighted by atomic mass is 35.5. The molecule has 2 aromatic carbocycles. The average molecular weight is 492 g/mol. The van der Waals surface area contributed by atoms with Gasteiger partial charge in [-0.2, -0.15) is 0 Å². The van der Waals surface area contributed by atoms with Crippen molar-refractivity contribution >= 4 is 29.7 Å². The van der Waals surface area contributed by atoms with E-state index in [0.29, 0.717) is 36.0 Å². The number of oxime groups is 1. The number of aliphatic carboxylic acids is 1. The Morgan fingerprint density at radius 1 is 1.15 bits per heavy atom. The molecule has 2 atom stereocenters. The lowest BCUT2D eigenvalue weighted by Crippen LogP contribution is -2.58. The fourth-order valence-electron chi connectivity index (χ4n) is 3.75. The summed E-state index contributed by atoms with van der Waals surface area (Å²) in [6.45, 7) is 5.21. The zero-order valence-electron chi connectivity index (χ0n) is 19.0. The van der Waals surface area contributed by atoms with Gasteiger partial charge in [0.2, 0.25) is 6.61 Å². The lowest BCUT2D eigenvalue weighted by Gasteiger charge is -2.44. The molecular weight excluding hydrogens is 465 g/mol. The number of ether oxygens (including phenoxy) is 1. The second-order valence-electron chi connectivity index (χ2n) is 8.17. The van der Waals surface area contributed by atoms with Crippen molar-refractivity contribution in [3.05, 3.63) is 64.4 Å². The molecule has 10 heteroatoms. The van der Waals surface area contributed by atoms with Gasteiger partial charge in [0.05, 0.1) is 6.21 Å². The molecule has 182 valence electrons. The summed E-state index contributed by atoms with van der Waals surface area (Å²) in [7, 11) is 0. The van der Waals surface area contributed by atoms with Crippen molar-refractivity contribution < 1.29 is 28.7 Å². The number of benzene rings is 2. The molecule has 0 bridgehead atoms. The number of nitrogens with zero attached hydrogens (tertiary/aromatic N) is 3. The van der Waals surface area contributed by atoms with Gasteiger partial charge in [0.25, 0.3) is 5.91 Å². The standard InChI is InChI=1S/C24H27ClFN3O5/c1-16-12-29(17(2)11-28(16)13-18-3-6-21(26)7-4-18)23(30)14-33-22-8-5-20(25)9-19(22)10-27-34-15-24(31)32/h3-10,16-17H,11-15H2,1-2H3,(H,31,32)/b27-10+. The van der Waals surface area contributed by atoms with Gasteiger partial charge < -0.3 is 19.6 Å². The van der Waals surface area contributed by atoms with Gasteiger partial charge in [0.1, 0.15) is 11.6 Å². The van der Waals surface area contributed by atoms with Crippen molar-refractivity contribution in [2.24, 2.45) is 5.16 Å². The zero-order chi connectivity index (χ0) is 24.7. The molecule has 0 saturated carbocycles. The van der Waals surface area contributed by atoms with E-state index in [1.165, 1.54) is 18.3 Å². The van der Waals surface area contributed by atoms with Crippen LogP contribution in [0.3, 0.4) is 0 Å². The second kappa shape index (κ2) is 11.8. The first-order valence-corrected chi connectivity index (χ1v) is 11.2. The van der Waals surface area contributed by atoms with Gasteiger partial charge in [0, 0.05) is 42.3 Å². The van der Waals surface area contributed by atoms with E-state index in [9.17, 15) is 14.0 Å². The van der Waals surface area contributed by atoms with E-state index in [4.69, 9.17) is 21.4 Å². The van der Waals surface area contributed by atoms with Gasteiger partial charge in [-0.25, -0.2) is 9.18 Å². The van der Waals surface area contributed by atoms with E-state index >= 15 is 0 Å². The Hall–Kier alpha value is -3.17. The lowest BCUT2D eigenvalue weighted by atomic mass is 10.1. The van der Waals surface area contributed by atoms with E-state index < -0.39 is 12.6 Å². The average Bonchev–Trinajstić information content (AvgIpc) is 2.79. The van der Waals surface area contributed by atoms with Crippen LogP contribution in [0.4, 0.5) is 4.39 Å². The van der Waals surface area contributed by atoms with Crippen LogP contribution in [0.25, 0.3) is 0 Å². The minimum Gasteiger partial charge on any atom is -0.483 e. The van der Waals surface area contributed by atoms with Gasteiger partial charge in [-0.05, 0) is 49.7 Å². The molecule has 1 aliphatic rings. The fourth-order valence-corrected chi connectivity index (χ4v) is 3.93. The fraction of sp³-hybridized carbons (Fsp3) is 0.375. The van der Waals surface area contributed by atoms with E-state index in [2.05, 4.69) is 21.8 Å². The summed E-state index contributed by atoms with van der Waals surface area (Å²) in [5, 5.41) is 12.6. The molecule has 1 fully saturated rings. The largest absolute Gasteiger partial charge is 0.483 e. The summed E-state index contributed by atoms with van der Waals surface area (Å²) in [6.07, 6.45) is 1.29. The van der Waals surface area contributed by atoms with Crippen molar-refractivity contribution in [2.75, 3.05) is 26.3 Å². The van der Waals surface area contributed by atoms with Crippen molar-refractivity contribution in [2.45, 2.75) is 32.5 Å². The van der Waals surface area contributed by atoms with Gasteiger partial charge in [-0.15, -0.1) is 0 Å². The highest BCUT2D eigenvalue weighted by Gasteiger charge is 2.32. The number of carboxylic acid groups (broad SMARTS) is 1. The van der Waals surface area contributed by atoms with Crippen molar-refractivity contribution in [1.82, 2.24) is 9.80 Å². The highest BCUT2D eigenvalue weighted by Crippen LogP contribution is 2.23. The summed E-state index contributed by atoms with van der Waals surface area (Å²) < 4.78 is 18.9. The Kier molecular flexibility index (Phi) is 8.84. The van der Waals surface area contributed by atoms with Crippen LogP contribution in [0.5, 0.6) is 5.75 Å². The number of rotatable bonds is 9. The second-order valence-corrected chi connectivity index (χ2v) is 8.61. The number of hydrogen-bond acceptors (Lipinski definition) is 6. The number of carboxylic acids is 1. The Bertz CT molecular complexity index is 1030. The monoisotopic (exact) mass is 491 g/mol. The summed E-state index contributed by atoms with van der Waals surface area (Å²) in [6, 6.07) is 11.4. The Morgan fingerprint density at radius 3 is 2.59 bits per heavy atom. The maximum Gasteiger partial charge on any atom is 0.344 e. The van der Waals surface area contributed by atoms with Gasteiger partial charge in [0.15, 0.2) is 6.61 Å². The van der Waals surface area contributed by atoms with E-state index in [1.807, 2.05) is 6.92 Å². The topological polar surface area (TPSA) is 91.7 Å². The molecule has 34 heavy (non-hydrogen) atoms. The lowest BCUT2D eigenvalue weighted by molar-refractivity contribution is -0.142. The minimum atomic E-state index is -1.15. The van der Waals surface area contributed by atoms with Gasteiger partial charge >= 0.3 is 5.97 Å². The van der Waals surface area contributed by atoms with Crippen LogP contribution in [0.1, 0.15) is 25.0 Å². The molecule has 2 unspecified atom stereocenters. The van der Waals surface area contributed by atoms with Crippen LogP contribution in [0.2, 0.25) is 5.02 Å². The maximum absolute atomic E-state index is 13.2. The molecule has 0 spiro atoms. The molecule has 0 radical (unpaired) electrons. The van der Waals surface area contributed by atoms with Gasteiger partial charge in [-0.1, -0.05) is 28.9 Å². The number of carbonyl (C=O) groups is 2. The maximum atomic E-state index is 13.2. The number of hydrogen-bond donors (Lipinski definition) is 1. The van der Waals surface area contributed by atoms with Crippen molar-refractivity contribution in [3.8, 4) is 5.75 Å². The molecule has 1 heterocycles. The normalized spacial score (nSPS) is 18.8. The van der Waals surface area contributed by atoms with Crippen LogP contribution in [-0.2, 0) is 21.0 Å². The predicted octanol–water partition coefficient (Wildman–Crippen LogP) is 3.41. The Labute approximate surface area is 202 Å². The number of piperazine rings is 1. The summed E-state index contributed by atoms with van der Waals surface area (Å²) >= 11 is 6.03. The number of carbonyl (C=O) groups excluding carboxylic acids is 1. The zero-order valence-corrected chi connectivity index (χ0v) is 19.7. The molecule has 0 aromatic heterocycles. The van der Waals surface area contributed by atoms with E-state index in [-0.39, 0.29) is 30.4 Å². The summed E-state index contributed by atoms with van der Waals surface area (Å²) in [5.41, 5.74) is 1.48. The summed E-state index contributed by atoms with van der Waals surface area (Å²) in [4.78, 5) is 32.2. The Morgan fingerprint density at radius 2 is 1.88 bits per heavy atom. The molecule has 1 amide bonds. The molecule has 8 nitrogen and oxygen atoms in total. The molecular formula is C24H27ClFN3O5. The van der Waals surface area contributed by atoms with Crippen molar-refractivity contribution in [3.63, 3.8) is 0 Å². The van der Waals surface area contributed by atoms with E-state index in [1.54, 1.807) is 35.2 Å². The highest BCUT2D eigenvalue weighted by molar-refractivity contribution is 6.30. The van der Waals surface area contributed by atoms with Crippen LogP contribution in [0.15, 0.2) is 47.6 Å². The third-order valence-electron chi connectivity index (χ3n) is 5.51. The number of halogens is 2. The molecule has 0 aliphatic carbocycles. The third kappa shape index (κ3) is 7.16. The summed E-state index contributed by atoms with van der Waals surface area (Å²) in [5.74, 6) is -1.19. The SMILES string of the molecule is CC1CN(C(=O)COc2ccc(Cl)cc2/C=N/OCC(=O)O)C(C)CN1Cc1ccc(F)cc1.